The molecule has 0 spiro atoms. The predicted octanol–water partition coefficient (Wildman–Crippen LogP) is 0.945. The lowest BCUT2D eigenvalue weighted by atomic mass is 10.0. The summed E-state index contributed by atoms with van der Waals surface area (Å²) >= 11 is 0. The SMILES string of the molecule is NC(=O)COc1ccc(CNCC2(O)CCCC2)cc1. The van der Waals surface area contributed by atoms with Crippen LogP contribution in [0, 0.1) is 0 Å². The number of benzene rings is 1. The van der Waals surface area contributed by atoms with Gasteiger partial charge in [-0.25, -0.2) is 0 Å². The topological polar surface area (TPSA) is 84.6 Å². The second-order valence-electron chi connectivity index (χ2n) is 5.43. The van der Waals surface area contributed by atoms with Crippen molar-refractivity contribution in [1.29, 1.82) is 0 Å². The molecule has 5 nitrogen and oxygen atoms in total. The fourth-order valence-corrected chi connectivity index (χ4v) is 2.51. The van der Waals surface area contributed by atoms with Crippen molar-refractivity contribution >= 4 is 5.91 Å². The summed E-state index contributed by atoms with van der Waals surface area (Å²) < 4.78 is 5.19. The molecule has 110 valence electrons. The third kappa shape index (κ3) is 4.51. The van der Waals surface area contributed by atoms with Crippen molar-refractivity contribution in [2.75, 3.05) is 13.2 Å². The maximum absolute atomic E-state index is 10.6. The summed E-state index contributed by atoms with van der Waals surface area (Å²) in [7, 11) is 0. The summed E-state index contributed by atoms with van der Waals surface area (Å²) in [6.45, 7) is 1.23. The second-order valence-corrected chi connectivity index (χ2v) is 5.43. The molecule has 20 heavy (non-hydrogen) atoms. The minimum absolute atomic E-state index is 0.107. The van der Waals surface area contributed by atoms with Gasteiger partial charge in [0.25, 0.3) is 5.91 Å². The van der Waals surface area contributed by atoms with Crippen molar-refractivity contribution in [3.8, 4) is 5.75 Å². The van der Waals surface area contributed by atoms with E-state index in [1.54, 1.807) is 0 Å². The number of nitrogens with one attached hydrogen (secondary N) is 1. The number of hydrogen-bond acceptors (Lipinski definition) is 4. The molecule has 1 aromatic rings. The molecule has 1 aliphatic carbocycles. The Kier molecular flexibility index (Phi) is 4.98. The molecule has 0 radical (unpaired) electrons. The Morgan fingerprint density at radius 3 is 2.55 bits per heavy atom. The fourth-order valence-electron chi connectivity index (χ4n) is 2.51. The summed E-state index contributed by atoms with van der Waals surface area (Å²) in [6.07, 6.45) is 4.01. The average Bonchev–Trinajstić information content (AvgIpc) is 2.85. The Hall–Kier alpha value is -1.59. The van der Waals surface area contributed by atoms with E-state index in [0.29, 0.717) is 18.8 Å². The first-order chi connectivity index (χ1) is 9.57. The molecule has 1 aromatic carbocycles. The van der Waals surface area contributed by atoms with Gasteiger partial charge in [-0.3, -0.25) is 4.79 Å². The highest BCUT2D eigenvalue weighted by molar-refractivity contribution is 5.75. The van der Waals surface area contributed by atoms with Crippen molar-refractivity contribution in [2.45, 2.75) is 37.8 Å². The lowest BCUT2D eigenvalue weighted by Gasteiger charge is -2.22. The van der Waals surface area contributed by atoms with Crippen LogP contribution in [0.25, 0.3) is 0 Å². The minimum Gasteiger partial charge on any atom is -0.484 e. The van der Waals surface area contributed by atoms with Crippen molar-refractivity contribution in [1.82, 2.24) is 5.32 Å². The number of carbonyl (C=O) groups is 1. The van der Waals surface area contributed by atoms with Crippen LogP contribution < -0.4 is 15.8 Å². The van der Waals surface area contributed by atoms with E-state index in [1.807, 2.05) is 24.3 Å². The molecule has 0 unspecified atom stereocenters. The Bertz CT molecular complexity index is 439. The molecule has 0 aromatic heterocycles. The first-order valence-corrected chi connectivity index (χ1v) is 7.01. The van der Waals surface area contributed by atoms with E-state index >= 15 is 0 Å². The Labute approximate surface area is 119 Å². The highest BCUT2D eigenvalue weighted by Crippen LogP contribution is 2.28. The van der Waals surface area contributed by atoms with Crippen molar-refractivity contribution in [3.05, 3.63) is 29.8 Å². The maximum Gasteiger partial charge on any atom is 0.255 e. The zero-order valence-electron chi connectivity index (χ0n) is 11.6. The van der Waals surface area contributed by atoms with Gasteiger partial charge >= 0.3 is 0 Å². The van der Waals surface area contributed by atoms with Crippen molar-refractivity contribution in [3.63, 3.8) is 0 Å². The lowest BCUT2D eigenvalue weighted by Crippen LogP contribution is -2.37. The van der Waals surface area contributed by atoms with E-state index in [9.17, 15) is 9.90 Å². The van der Waals surface area contributed by atoms with Gasteiger partial charge in [0.15, 0.2) is 6.61 Å². The number of nitrogens with two attached hydrogens (primary N) is 1. The molecule has 1 aliphatic rings. The number of aliphatic hydroxyl groups is 1. The molecule has 0 saturated heterocycles. The van der Waals surface area contributed by atoms with E-state index in [0.717, 1.165) is 31.2 Å². The third-order valence-electron chi connectivity index (χ3n) is 3.62. The Morgan fingerprint density at radius 2 is 1.95 bits per heavy atom. The number of amides is 1. The van der Waals surface area contributed by atoms with Crippen LogP contribution in [0.5, 0.6) is 5.75 Å². The van der Waals surface area contributed by atoms with Crippen LogP contribution in [0.4, 0.5) is 0 Å². The van der Waals surface area contributed by atoms with E-state index in [-0.39, 0.29) is 6.61 Å². The standard InChI is InChI=1S/C15H22N2O3/c16-14(18)10-20-13-5-3-12(4-6-13)9-17-11-15(19)7-1-2-8-15/h3-6,17,19H,1-2,7-11H2,(H2,16,18). The van der Waals surface area contributed by atoms with Gasteiger partial charge in [0.05, 0.1) is 5.60 Å². The summed E-state index contributed by atoms with van der Waals surface area (Å²) in [6, 6.07) is 7.48. The summed E-state index contributed by atoms with van der Waals surface area (Å²) in [4.78, 5) is 10.6. The van der Waals surface area contributed by atoms with Crippen LogP contribution in [0.2, 0.25) is 0 Å². The third-order valence-corrected chi connectivity index (χ3v) is 3.62. The first kappa shape index (κ1) is 14.8. The van der Waals surface area contributed by atoms with Gasteiger partial charge in [-0.05, 0) is 30.5 Å². The van der Waals surface area contributed by atoms with Gasteiger partial charge < -0.3 is 20.9 Å². The average molecular weight is 278 g/mol. The normalized spacial score (nSPS) is 17.1. The number of rotatable bonds is 7. The predicted molar refractivity (Wildman–Crippen MR) is 76.3 cm³/mol. The smallest absolute Gasteiger partial charge is 0.255 e. The van der Waals surface area contributed by atoms with Gasteiger partial charge in [-0.2, -0.15) is 0 Å². The van der Waals surface area contributed by atoms with Gasteiger partial charge in [-0.15, -0.1) is 0 Å². The molecule has 5 heteroatoms. The van der Waals surface area contributed by atoms with Crippen LogP contribution in [-0.4, -0.2) is 29.8 Å². The highest BCUT2D eigenvalue weighted by atomic mass is 16.5. The second kappa shape index (κ2) is 6.72. The number of primary amides is 1. The van der Waals surface area contributed by atoms with Crippen LogP contribution >= 0.6 is 0 Å². The van der Waals surface area contributed by atoms with Gasteiger partial charge in [0, 0.05) is 13.1 Å². The maximum atomic E-state index is 10.6. The number of ether oxygens (including phenoxy) is 1. The van der Waals surface area contributed by atoms with Crippen LogP contribution in [-0.2, 0) is 11.3 Å². The van der Waals surface area contributed by atoms with Crippen molar-refractivity contribution < 1.29 is 14.6 Å². The first-order valence-electron chi connectivity index (χ1n) is 7.01. The van der Waals surface area contributed by atoms with Gasteiger partial charge in [0.1, 0.15) is 5.75 Å². The summed E-state index contributed by atoms with van der Waals surface area (Å²) in [5, 5.41) is 13.5. The van der Waals surface area contributed by atoms with Gasteiger partial charge in [-0.1, -0.05) is 25.0 Å². The monoisotopic (exact) mass is 278 g/mol. The van der Waals surface area contributed by atoms with Crippen LogP contribution in [0.15, 0.2) is 24.3 Å². The van der Waals surface area contributed by atoms with E-state index in [1.165, 1.54) is 0 Å². The lowest BCUT2D eigenvalue weighted by molar-refractivity contribution is -0.119. The van der Waals surface area contributed by atoms with E-state index in [4.69, 9.17) is 10.5 Å². The molecule has 0 bridgehead atoms. The van der Waals surface area contributed by atoms with E-state index in [2.05, 4.69) is 5.32 Å². The molecular formula is C15H22N2O3. The van der Waals surface area contributed by atoms with Crippen LogP contribution in [0.1, 0.15) is 31.2 Å². The van der Waals surface area contributed by atoms with E-state index < -0.39 is 11.5 Å². The molecule has 4 N–H and O–H groups in total. The number of carbonyl (C=O) groups excluding carboxylic acids is 1. The molecule has 0 atom stereocenters. The molecular weight excluding hydrogens is 256 g/mol. The minimum atomic E-state index is -0.523. The Balaban J connectivity index is 1.74. The fraction of sp³-hybridized carbons (Fsp3) is 0.533. The quantitative estimate of drug-likeness (QED) is 0.693. The zero-order chi connectivity index (χ0) is 14.4. The van der Waals surface area contributed by atoms with Crippen molar-refractivity contribution in [2.24, 2.45) is 5.73 Å². The summed E-state index contributed by atoms with van der Waals surface area (Å²) in [5.41, 5.74) is 5.60. The largest absolute Gasteiger partial charge is 0.484 e. The molecule has 2 rings (SSSR count). The number of hydrogen-bond donors (Lipinski definition) is 3. The highest BCUT2D eigenvalue weighted by Gasteiger charge is 2.30. The van der Waals surface area contributed by atoms with Gasteiger partial charge in [0.2, 0.25) is 0 Å². The van der Waals surface area contributed by atoms with Crippen LogP contribution in [0.3, 0.4) is 0 Å². The molecule has 0 aliphatic heterocycles. The molecule has 1 saturated carbocycles. The summed E-state index contributed by atoms with van der Waals surface area (Å²) in [5.74, 6) is 0.141. The molecule has 1 amide bonds. The molecule has 0 heterocycles. The Morgan fingerprint density at radius 1 is 1.30 bits per heavy atom. The zero-order valence-corrected chi connectivity index (χ0v) is 11.6. The molecule has 1 fully saturated rings.